The number of hydrogen-bond acceptors (Lipinski definition) is 6. The molecule has 1 heterocycles. The Morgan fingerprint density at radius 2 is 2.24 bits per heavy atom. The monoisotopic (exact) mass is 239 g/mol. The van der Waals surface area contributed by atoms with Crippen LogP contribution in [0.5, 0.6) is 0 Å². The Bertz CT molecular complexity index is 375. The van der Waals surface area contributed by atoms with Gasteiger partial charge in [0.2, 0.25) is 11.8 Å². The molecule has 0 atom stereocenters. The molecule has 1 fully saturated rings. The Morgan fingerprint density at radius 1 is 1.41 bits per heavy atom. The molecule has 7 heteroatoms. The van der Waals surface area contributed by atoms with Crippen LogP contribution in [0.25, 0.3) is 0 Å². The van der Waals surface area contributed by atoms with E-state index in [1.165, 1.54) is 0 Å². The van der Waals surface area contributed by atoms with Crippen LogP contribution in [0.1, 0.15) is 18.7 Å². The first-order chi connectivity index (χ1) is 8.29. The van der Waals surface area contributed by atoms with Gasteiger partial charge in [0, 0.05) is 19.0 Å². The zero-order chi connectivity index (χ0) is 12.1. The van der Waals surface area contributed by atoms with Gasteiger partial charge in [0.15, 0.2) is 0 Å². The van der Waals surface area contributed by atoms with Gasteiger partial charge in [0.05, 0.1) is 6.54 Å². The van der Waals surface area contributed by atoms with Crippen LogP contribution in [0.3, 0.4) is 0 Å². The minimum absolute atomic E-state index is 0.146. The Labute approximate surface area is 99.4 Å². The van der Waals surface area contributed by atoms with Crippen molar-refractivity contribution in [1.29, 1.82) is 0 Å². The maximum Gasteiger partial charge on any atom is 0.315 e. The van der Waals surface area contributed by atoms with E-state index in [1.54, 1.807) is 0 Å². The normalized spacial score (nSPS) is 14.6. The second kappa shape index (κ2) is 5.62. The molecule has 94 valence electrons. The van der Waals surface area contributed by atoms with Crippen LogP contribution in [0.2, 0.25) is 0 Å². The summed E-state index contributed by atoms with van der Waals surface area (Å²) in [5, 5.41) is 16.4. The number of aromatic nitrogens is 2. The molecule has 1 aliphatic rings. The zero-order valence-electron chi connectivity index (χ0n) is 9.82. The number of nitrogens with zero attached hydrogens (tertiary/aromatic N) is 2. The van der Waals surface area contributed by atoms with Crippen molar-refractivity contribution >= 4 is 11.9 Å². The molecule has 2 rings (SSSR count). The lowest BCUT2D eigenvalue weighted by atomic mass is 10.4. The molecule has 0 aromatic carbocycles. The highest BCUT2D eigenvalue weighted by molar-refractivity contribution is 5.80. The fraction of sp³-hybridized carbons (Fsp3) is 0.700. The molecule has 1 amide bonds. The lowest BCUT2D eigenvalue weighted by Gasteiger charge is -2.03. The number of hydrogen-bond donors (Lipinski definition) is 3. The minimum atomic E-state index is 0.146. The van der Waals surface area contributed by atoms with E-state index in [0.29, 0.717) is 31.5 Å². The maximum atomic E-state index is 11.3. The van der Waals surface area contributed by atoms with Crippen LogP contribution in [-0.4, -0.2) is 36.2 Å². The molecule has 0 spiro atoms. The van der Waals surface area contributed by atoms with Crippen LogP contribution < -0.4 is 16.0 Å². The Morgan fingerprint density at radius 3 is 2.94 bits per heavy atom. The highest BCUT2D eigenvalue weighted by atomic mass is 16.4. The quantitative estimate of drug-likeness (QED) is 0.567. The Balaban J connectivity index is 1.61. The van der Waals surface area contributed by atoms with Crippen LogP contribution in [-0.2, 0) is 11.3 Å². The fourth-order valence-electron chi connectivity index (χ4n) is 1.39. The number of carbonyl (C=O) groups is 1. The summed E-state index contributed by atoms with van der Waals surface area (Å²) in [5.74, 6) is 0.936. The SMILES string of the molecule is CNCc1nnc(NCCNC(=O)C2CC2)o1. The highest BCUT2D eigenvalue weighted by Crippen LogP contribution is 2.28. The molecule has 1 saturated carbocycles. The average molecular weight is 239 g/mol. The zero-order valence-corrected chi connectivity index (χ0v) is 9.82. The third-order valence-corrected chi connectivity index (χ3v) is 2.44. The molecule has 7 nitrogen and oxygen atoms in total. The van der Waals surface area contributed by atoms with Crippen LogP contribution in [0, 0.1) is 5.92 Å². The molecule has 0 radical (unpaired) electrons. The number of rotatable bonds is 7. The van der Waals surface area contributed by atoms with Crippen molar-refractivity contribution in [3.63, 3.8) is 0 Å². The molecular formula is C10H17N5O2. The molecule has 0 bridgehead atoms. The Hall–Kier alpha value is -1.63. The van der Waals surface area contributed by atoms with Gasteiger partial charge in [-0.1, -0.05) is 5.10 Å². The Kier molecular flexibility index (Phi) is 3.92. The number of nitrogens with one attached hydrogen (secondary N) is 3. The van der Waals surface area contributed by atoms with Crippen LogP contribution in [0.15, 0.2) is 4.42 Å². The third-order valence-electron chi connectivity index (χ3n) is 2.44. The third kappa shape index (κ3) is 3.70. The molecular weight excluding hydrogens is 222 g/mol. The van der Waals surface area contributed by atoms with E-state index in [4.69, 9.17) is 4.42 Å². The summed E-state index contributed by atoms with van der Waals surface area (Å²) in [6, 6.07) is 0.385. The predicted octanol–water partition coefficient (Wildman–Crippen LogP) is -0.273. The summed E-state index contributed by atoms with van der Waals surface area (Å²) in [6.07, 6.45) is 2.05. The van der Waals surface area contributed by atoms with Gasteiger partial charge < -0.3 is 20.4 Å². The first-order valence-corrected chi connectivity index (χ1v) is 5.78. The van der Waals surface area contributed by atoms with Crippen molar-refractivity contribution in [2.45, 2.75) is 19.4 Å². The van der Waals surface area contributed by atoms with Gasteiger partial charge >= 0.3 is 6.01 Å². The first-order valence-electron chi connectivity index (χ1n) is 5.78. The van der Waals surface area contributed by atoms with E-state index >= 15 is 0 Å². The van der Waals surface area contributed by atoms with Gasteiger partial charge in [0.25, 0.3) is 0 Å². The first kappa shape index (κ1) is 11.8. The lowest BCUT2D eigenvalue weighted by molar-refractivity contribution is -0.122. The van der Waals surface area contributed by atoms with Crippen molar-refractivity contribution in [2.75, 3.05) is 25.5 Å². The summed E-state index contributed by atoms with van der Waals surface area (Å²) in [4.78, 5) is 11.3. The van der Waals surface area contributed by atoms with E-state index < -0.39 is 0 Å². The number of amides is 1. The van der Waals surface area contributed by atoms with E-state index in [1.807, 2.05) is 7.05 Å². The minimum Gasteiger partial charge on any atom is -0.407 e. The topological polar surface area (TPSA) is 92.1 Å². The molecule has 1 aromatic rings. The number of anilines is 1. The van der Waals surface area contributed by atoms with Crippen molar-refractivity contribution in [1.82, 2.24) is 20.8 Å². The molecule has 0 aliphatic heterocycles. The summed E-state index contributed by atoms with van der Waals surface area (Å²) in [5.41, 5.74) is 0. The molecule has 17 heavy (non-hydrogen) atoms. The van der Waals surface area contributed by atoms with Gasteiger partial charge in [0.1, 0.15) is 0 Å². The van der Waals surface area contributed by atoms with Gasteiger partial charge in [-0.2, -0.15) is 0 Å². The molecule has 1 aromatic heterocycles. The largest absolute Gasteiger partial charge is 0.407 e. The van der Waals surface area contributed by atoms with Gasteiger partial charge in [-0.05, 0) is 19.9 Å². The lowest BCUT2D eigenvalue weighted by Crippen LogP contribution is -2.29. The van der Waals surface area contributed by atoms with Crippen molar-refractivity contribution in [2.24, 2.45) is 5.92 Å². The smallest absolute Gasteiger partial charge is 0.315 e. The van der Waals surface area contributed by atoms with E-state index in [9.17, 15) is 4.79 Å². The molecule has 0 saturated heterocycles. The summed E-state index contributed by atoms with van der Waals surface area (Å²) in [7, 11) is 1.81. The predicted molar refractivity (Wildman–Crippen MR) is 61.3 cm³/mol. The molecule has 0 unspecified atom stereocenters. The van der Waals surface area contributed by atoms with Gasteiger partial charge in [-0.15, -0.1) is 5.10 Å². The van der Waals surface area contributed by atoms with Crippen LogP contribution in [0.4, 0.5) is 6.01 Å². The summed E-state index contributed by atoms with van der Waals surface area (Å²) in [6.45, 7) is 1.70. The van der Waals surface area contributed by atoms with Gasteiger partial charge in [-0.3, -0.25) is 4.79 Å². The second-order valence-electron chi connectivity index (χ2n) is 4.02. The molecule has 3 N–H and O–H groups in total. The van der Waals surface area contributed by atoms with Crippen LogP contribution >= 0.6 is 0 Å². The van der Waals surface area contributed by atoms with Gasteiger partial charge in [-0.25, -0.2) is 0 Å². The van der Waals surface area contributed by atoms with Crippen molar-refractivity contribution in [3.05, 3.63) is 5.89 Å². The van der Waals surface area contributed by atoms with E-state index in [-0.39, 0.29) is 11.8 Å². The maximum absolute atomic E-state index is 11.3. The van der Waals surface area contributed by atoms with E-state index in [2.05, 4.69) is 26.1 Å². The highest BCUT2D eigenvalue weighted by Gasteiger charge is 2.28. The van der Waals surface area contributed by atoms with Crippen molar-refractivity contribution in [3.8, 4) is 0 Å². The summed E-state index contributed by atoms with van der Waals surface area (Å²) < 4.78 is 5.28. The number of carbonyl (C=O) groups excluding carboxylic acids is 1. The van der Waals surface area contributed by atoms with Crippen molar-refractivity contribution < 1.29 is 9.21 Å². The van der Waals surface area contributed by atoms with E-state index in [0.717, 1.165) is 12.8 Å². The average Bonchev–Trinajstić information content (AvgIpc) is 3.08. The fourth-order valence-corrected chi connectivity index (χ4v) is 1.39. The molecule has 1 aliphatic carbocycles. The second-order valence-corrected chi connectivity index (χ2v) is 4.02. The standard InChI is InChI=1S/C10H17N5O2/c1-11-6-8-14-15-10(17-8)13-5-4-12-9(16)7-2-3-7/h7,11H,2-6H2,1H3,(H,12,16)(H,13,15). The summed E-state index contributed by atoms with van der Waals surface area (Å²) >= 11 is 0.